The summed E-state index contributed by atoms with van der Waals surface area (Å²) < 4.78 is 34.3. The summed E-state index contributed by atoms with van der Waals surface area (Å²) in [5, 5.41) is 0. The van der Waals surface area contributed by atoms with E-state index < -0.39 is 21.8 Å². The summed E-state index contributed by atoms with van der Waals surface area (Å²) in [6.07, 6.45) is 0.00953. The zero-order valence-corrected chi connectivity index (χ0v) is 10.9. The van der Waals surface area contributed by atoms with Crippen molar-refractivity contribution in [3.05, 3.63) is 29.3 Å². The molecule has 2 radical (unpaired) electrons. The molecule has 1 rings (SSSR count). The van der Waals surface area contributed by atoms with E-state index in [1.54, 1.807) is 0 Å². The first-order valence-corrected chi connectivity index (χ1v) is 6.83. The summed E-state index contributed by atoms with van der Waals surface area (Å²) in [6.45, 7) is 1.37. The van der Waals surface area contributed by atoms with Crippen LogP contribution in [0.2, 0.25) is 0 Å². The number of rotatable bonds is 5. The molecule has 0 aliphatic rings. The minimum absolute atomic E-state index is 0.00953. The Morgan fingerprint density at radius 1 is 1.37 bits per heavy atom. The van der Waals surface area contributed by atoms with Crippen molar-refractivity contribution >= 4 is 29.7 Å². The first-order valence-electron chi connectivity index (χ1n) is 5.22. The van der Waals surface area contributed by atoms with Gasteiger partial charge >= 0.3 is 5.97 Å². The summed E-state index contributed by atoms with van der Waals surface area (Å²) in [7, 11) is 1.01. The Labute approximate surface area is 111 Å². The molecule has 100 valence electrons. The number of hydrogen-bond acceptors (Lipinski definition) is 5. The second-order valence-corrected chi connectivity index (χ2v) is 5.24. The Bertz CT molecular complexity index is 608. The van der Waals surface area contributed by atoms with E-state index in [4.69, 9.17) is 17.1 Å². The van der Waals surface area contributed by atoms with Crippen LogP contribution in [0.25, 0.3) is 0 Å². The molecular formula is C11H11BO6S. The molecule has 6 nitrogen and oxygen atoms in total. The molecule has 1 aromatic rings. The van der Waals surface area contributed by atoms with E-state index >= 15 is 0 Å². The second kappa shape index (κ2) is 5.98. The third-order valence-electron chi connectivity index (χ3n) is 2.21. The largest absolute Gasteiger partial charge is 0.425 e. The number of ether oxygens (including phenoxy) is 1. The van der Waals surface area contributed by atoms with Gasteiger partial charge in [0.2, 0.25) is 0 Å². The van der Waals surface area contributed by atoms with Crippen LogP contribution in [0, 0.1) is 0 Å². The fraction of sp³-hybridized carbons (Fsp3) is 0.273. The van der Waals surface area contributed by atoms with Crippen LogP contribution in [0.5, 0.6) is 5.75 Å². The summed E-state index contributed by atoms with van der Waals surface area (Å²) in [4.78, 5) is 22.4. The van der Waals surface area contributed by atoms with Gasteiger partial charge in [-0.1, -0.05) is 6.32 Å². The lowest BCUT2D eigenvalue weighted by molar-refractivity contribution is -0.131. The molecule has 1 N–H and O–H groups in total. The van der Waals surface area contributed by atoms with Crippen LogP contribution in [-0.4, -0.2) is 38.3 Å². The molecule has 0 amide bonds. The Morgan fingerprint density at radius 3 is 2.47 bits per heavy atom. The molecule has 0 aromatic heterocycles. The zero-order valence-electron chi connectivity index (χ0n) is 10.1. The molecule has 0 bridgehead atoms. The van der Waals surface area contributed by atoms with E-state index in [0.717, 1.165) is 0 Å². The normalized spacial score (nSPS) is 11.1. The van der Waals surface area contributed by atoms with Gasteiger partial charge in [0.25, 0.3) is 10.1 Å². The van der Waals surface area contributed by atoms with Crippen LogP contribution < -0.4 is 4.74 Å². The SMILES string of the molecule is [B]Cc1cc(C(C)=O)ccc1OC(=O)CS(=O)(=O)O. The van der Waals surface area contributed by atoms with Gasteiger partial charge in [-0.25, -0.2) is 0 Å². The third-order valence-corrected chi connectivity index (χ3v) is 2.81. The average molecular weight is 282 g/mol. The smallest absolute Gasteiger partial charge is 0.329 e. The summed E-state index contributed by atoms with van der Waals surface area (Å²) >= 11 is 0. The molecule has 0 aliphatic heterocycles. The molecule has 0 saturated carbocycles. The van der Waals surface area contributed by atoms with E-state index in [1.807, 2.05) is 0 Å². The van der Waals surface area contributed by atoms with E-state index in [0.29, 0.717) is 11.1 Å². The Hall–Kier alpha value is -1.67. The third kappa shape index (κ3) is 4.84. The van der Waals surface area contributed by atoms with E-state index in [9.17, 15) is 18.0 Å². The molecule has 0 spiro atoms. The minimum atomic E-state index is -4.44. The minimum Gasteiger partial charge on any atom is -0.425 e. The highest BCUT2D eigenvalue weighted by Gasteiger charge is 2.16. The van der Waals surface area contributed by atoms with Crippen LogP contribution >= 0.6 is 0 Å². The maximum absolute atomic E-state index is 11.2. The standard InChI is InChI=1S/C11H11BO6S/c1-7(13)8-2-3-10(9(4-8)5-12)18-11(14)6-19(15,16)17/h2-4H,5-6H2,1H3,(H,15,16,17). The van der Waals surface area contributed by atoms with Gasteiger partial charge in [0, 0.05) is 5.56 Å². The van der Waals surface area contributed by atoms with E-state index in [2.05, 4.69) is 0 Å². The number of benzene rings is 1. The number of carbonyl (C=O) groups is 2. The average Bonchev–Trinajstić information content (AvgIpc) is 2.26. The predicted molar refractivity (Wildman–Crippen MR) is 68.0 cm³/mol. The number of carbonyl (C=O) groups excluding carboxylic acids is 2. The molecule has 0 aliphatic carbocycles. The number of Topliss-reactive ketones (excluding diaryl/α,β-unsaturated/α-hetero) is 1. The molecule has 1 aromatic carbocycles. The van der Waals surface area contributed by atoms with Crippen LogP contribution in [0.4, 0.5) is 0 Å². The van der Waals surface area contributed by atoms with Crippen molar-refractivity contribution in [2.75, 3.05) is 5.75 Å². The van der Waals surface area contributed by atoms with Crippen LogP contribution in [0.3, 0.4) is 0 Å². The molecule has 0 atom stereocenters. The van der Waals surface area contributed by atoms with Gasteiger partial charge in [-0.3, -0.25) is 14.1 Å². The lowest BCUT2D eigenvalue weighted by Gasteiger charge is -2.09. The molecule has 0 saturated heterocycles. The Kier molecular flexibility index (Phi) is 4.85. The highest BCUT2D eigenvalue weighted by Crippen LogP contribution is 2.21. The van der Waals surface area contributed by atoms with Gasteiger partial charge in [-0.05, 0) is 30.7 Å². The maximum atomic E-state index is 11.2. The van der Waals surface area contributed by atoms with Crippen molar-refractivity contribution in [3.8, 4) is 5.75 Å². The molecule has 8 heteroatoms. The lowest BCUT2D eigenvalue weighted by Crippen LogP contribution is -2.20. The molecule has 0 unspecified atom stereocenters. The van der Waals surface area contributed by atoms with E-state index in [1.165, 1.54) is 25.1 Å². The van der Waals surface area contributed by atoms with Crippen LogP contribution in [0.15, 0.2) is 18.2 Å². The van der Waals surface area contributed by atoms with Gasteiger partial charge in [-0.2, -0.15) is 8.42 Å². The molecular weight excluding hydrogens is 271 g/mol. The highest BCUT2D eigenvalue weighted by molar-refractivity contribution is 7.86. The number of hydrogen-bond donors (Lipinski definition) is 1. The van der Waals surface area contributed by atoms with Crippen molar-refractivity contribution in [2.24, 2.45) is 0 Å². The fourth-order valence-electron chi connectivity index (χ4n) is 1.36. The fourth-order valence-corrected chi connectivity index (χ4v) is 1.72. The van der Waals surface area contributed by atoms with Crippen LogP contribution in [0.1, 0.15) is 22.8 Å². The Morgan fingerprint density at radius 2 is 2.00 bits per heavy atom. The highest BCUT2D eigenvalue weighted by atomic mass is 32.2. The number of esters is 1. The van der Waals surface area contributed by atoms with Gasteiger partial charge in [-0.15, -0.1) is 0 Å². The predicted octanol–water partition coefficient (Wildman–Crippen LogP) is 0.351. The maximum Gasteiger partial charge on any atom is 0.329 e. The molecule has 0 fully saturated rings. The lowest BCUT2D eigenvalue weighted by atomic mass is 9.94. The van der Waals surface area contributed by atoms with Crippen molar-refractivity contribution in [1.29, 1.82) is 0 Å². The van der Waals surface area contributed by atoms with Gasteiger partial charge < -0.3 is 4.74 Å². The topological polar surface area (TPSA) is 97.7 Å². The van der Waals surface area contributed by atoms with Gasteiger partial charge in [0.15, 0.2) is 11.5 Å². The summed E-state index contributed by atoms with van der Waals surface area (Å²) in [5.74, 6) is -2.40. The number of ketones is 1. The van der Waals surface area contributed by atoms with Crippen molar-refractivity contribution in [3.63, 3.8) is 0 Å². The summed E-state index contributed by atoms with van der Waals surface area (Å²) in [6, 6.07) is 4.23. The van der Waals surface area contributed by atoms with Gasteiger partial charge in [0.05, 0.1) is 7.85 Å². The molecule has 19 heavy (non-hydrogen) atoms. The molecule has 0 heterocycles. The first-order chi connectivity index (χ1) is 8.73. The van der Waals surface area contributed by atoms with Crippen molar-refractivity contribution in [2.45, 2.75) is 13.2 Å². The summed E-state index contributed by atoms with van der Waals surface area (Å²) in [5.41, 5.74) is 0.784. The Balaban J connectivity index is 2.95. The zero-order chi connectivity index (χ0) is 14.6. The quantitative estimate of drug-likeness (QED) is 0.275. The van der Waals surface area contributed by atoms with Crippen LogP contribution in [-0.2, 0) is 21.2 Å². The van der Waals surface area contributed by atoms with E-state index in [-0.39, 0.29) is 17.9 Å². The second-order valence-electron chi connectivity index (χ2n) is 3.78. The monoisotopic (exact) mass is 282 g/mol. The first kappa shape index (κ1) is 15.4. The van der Waals surface area contributed by atoms with Crippen molar-refractivity contribution in [1.82, 2.24) is 0 Å². The van der Waals surface area contributed by atoms with Gasteiger partial charge in [0.1, 0.15) is 5.75 Å². The van der Waals surface area contributed by atoms with Crippen molar-refractivity contribution < 1.29 is 27.3 Å².